The van der Waals surface area contributed by atoms with Crippen molar-refractivity contribution in [3.8, 4) is 0 Å². The molecule has 0 amide bonds. The fourth-order valence-electron chi connectivity index (χ4n) is 2.59. The van der Waals surface area contributed by atoms with E-state index in [-0.39, 0.29) is 12.1 Å². The van der Waals surface area contributed by atoms with E-state index in [0.29, 0.717) is 6.54 Å². The zero-order valence-electron chi connectivity index (χ0n) is 11.7. The van der Waals surface area contributed by atoms with Gasteiger partial charge in [-0.05, 0) is 38.9 Å². The van der Waals surface area contributed by atoms with E-state index in [2.05, 4.69) is 10.3 Å². The van der Waals surface area contributed by atoms with Crippen LogP contribution in [0, 0.1) is 5.82 Å². The highest BCUT2D eigenvalue weighted by atomic mass is 32.2. The highest BCUT2D eigenvalue weighted by Gasteiger charge is 2.37. The van der Waals surface area contributed by atoms with Gasteiger partial charge in [0.1, 0.15) is 0 Å². The van der Waals surface area contributed by atoms with Gasteiger partial charge in [-0.1, -0.05) is 6.42 Å². The molecule has 1 aliphatic heterocycles. The number of halogens is 1. The van der Waals surface area contributed by atoms with Crippen LogP contribution in [-0.2, 0) is 10.0 Å². The van der Waals surface area contributed by atoms with Gasteiger partial charge in [0.05, 0.1) is 0 Å². The summed E-state index contributed by atoms with van der Waals surface area (Å²) in [5.74, 6) is -0.797. The van der Waals surface area contributed by atoms with E-state index in [4.69, 9.17) is 0 Å². The first-order valence-corrected chi connectivity index (χ1v) is 8.22. The highest BCUT2D eigenvalue weighted by Crippen LogP contribution is 2.27. The molecular formula is C13H20FN3O2S. The lowest BCUT2D eigenvalue weighted by atomic mass is 9.99. The molecule has 0 spiro atoms. The third kappa shape index (κ3) is 2.84. The van der Waals surface area contributed by atoms with Crippen LogP contribution in [0.4, 0.5) is 4.39 Å². The Bertz CT molecular complexity index is 564. The van der Waals surface area contributed by atoms with Gasteiger partial charge in [0.15, 0.2) is 5.82 Å². The number of hydrogen-bond donors (Lipinski definition) is 1. The van der Waals surface area contributed by atoms with Crippen molar-refractivity contribution >= 4 is 10.0 Å². The first kappa shape index (κ1) is 15.3. The summed E-state index contributed by atoms with van der Waals surface area (Å²) < 4.78 is 40.4. The maximum atomic E-state index is 13.8. The first-order valence-electron chi connectivity index (χ1n) is 6.78. The average Bonchev–Trinajstić information content (AvgIpc) is 2.46. The molecule has 0 radical (unpaired) electrons. The molecule has 20 heavy (non-hydrogen) atoms. The van der Waals surface area contributed by atoms with E-state index in [9.17, 15) is 12.8 Å². The molecule has 2 atom stereocenters. The molecule has 7 heteroatoms. The number of aromatic nitrogens is 1. The van der Waals surface area contributed by atoms with Gasteiger partial charge in [-0.3, -0.25) is 0 Å². The van der Waals surface area contributed by atoms with Crippen molar-refractivity contribution in [3.05, 3.63) is 24.1 Å². The minimum absolute atomic E-state index is 0.0110. The molecule has 112 valence electrons. The van der Waals surface area contributed by atoms with E-state index in [1.165, 1.54) is 16.6 Å². The van der Waals surface area contributed by atoms with Crippen LogP contribution in [0.2, 0.25) is 0 Å². The maximum Gasteiger partial charge on any atom is 0.263 e. The molecule has 0 aromatic carbocycles. The second-order valence-corrected chi connectivity index (χ2v) is 6.85. The number of rotatable bonds is 4. The zero-order valence-corrected chi connectivity index (χ0v) is 12.5. The van der Waals surface area contributed by atoms with Gasteiger partial charge in [-0.25, -0.2) is 17.8 Å². The Morgan fingerprint density at radius 3 is 2.90 bits per heavy atom. The molecular weight excluding hydrogens is 281 g/mol. The summed E-state index contributed by atoms with van der Waals surface area (Å²) in [5, 5.41) is 2.61. The molecule has 0 aliphatic carbocycles. The van der Waals surface area contributed by atoms with Crippen LogP contribution in [0.25, 0.3) is 0 Å². The van der Waals surface area contributed by atoms with Gasteiger partial charge < -0.3 is 5.32 Å². The highest BCUT2D eigenvalue weighted by molar-refractivity contribution is 7.89. The molecule has 2 rings (SSSR count). The number of piperidine rings is 1. The number of hydrogen-bond acceptors (Lipinski definition) is 4. The molecule has 0 saturated carbocycles. The topological polar surface area (TPSA) is 62.3 Å². The van der Waals surface area contributed by atoms with Gasteiger partial charge in [0.25, 0.3) is 10.0 Å². The second kappa shape index (κ2) is 6.15. The summed E-state index contributed by atoms with van der Waals surface area (Å²) in [6.07, 6.45) is 3.85. The molecule has 0 bridgehead atoms. The molecule has 1 saturated heterocycles. The number of likely N-dealkylation sites (N-methyl/N-ethyl adjacent to an activating group) is 1. The summed E-state index contributed by atoms with van der Waals surface area (Å²) in [6.45, 7) is 2.35. The Kier molecular flexibility index (Phi) is 4.72. The van der Waals surface area contributed by atoms with E-state index in [1.807, 2.05) is 6.92 Å². The summed E-state index contributed by atoms with van der Waals surface area (Å²) >= 11 is 0. The van der Waals surface area contributed by atoms with Crippen LogP contribution in [-0.4, -0.2) is 43.4 Å². The van der Waals surface area contributed by atoms with E-state index in [0.717, 1.165) is 25.3 Å². The predicted octanol–water partition coefficient (Wildman–Crippen LogP) is 1.37. The lowest BCUT2D eigenvalue weighted by molar-refractivity contribution is 0.212. The number of nitrogens with one attached hydrogen (secondary N) is 1. The molecule has 1 fully saturated rings. The van der Waals surface area contributed by atoms with E-state index < -0.39 is 20.9 Å². The average molecular weight is 301 g/mol. The molecule has 1 aromatic heterocycles. The van der Waals surface area contributed by atoms with Crippen LogP contribution in [0.5, 0.6) is 0 Å². The smallest absolute Gasteiger partial charge is 0.263 e. The Hall–Kier alpha value is -1.05. The third-order valence-corrected chi connectivity index (χ3v) is 5.67. The number of nitrogens with zero attached hydrogens (tertiary/aromatic N) is 2. The van der Waals surface area contributed by atoms with Crippen molar-refractivity contribution in [1.82, 2.24) is 14.6 Å². The van der Waals surface area contributed by atoms with Crippen molar-refractivity contribution in [2.45, 2.75) is 43.3 Å². The summed E-state index contributed by atoms with van der Waals surface area (Å²) in [7, 11) is -2.09. The first-order chi connectivity index (χ1) is 9.48. The third-order valence-electron chi connectivity index (χ3n) is 3.81. The van der Waals surface area contributed by atoms with Crippen LogP contribution in [0.3, 0.4) is 0 Å². The van der Waals surface area contributed by atoms with E-state index >= 15 is 0 Å². The van der Waals surface area contributed by atoms with E-state index in [1.54, 1.807) is 7.05 Å². The predicted molar refractivity (Wildman–Crippen MR) is 74.2 cm³/mol. The van der Waals surface area contributed by atoms with Crippen LogP contribution in [0.1, 0.15) is 26.2 Å². The van der Waals surface area contributed by atoms with Gasteiger partial charge in [-0.15, -0.1) is 0 Å². The standard InChI is InChI=1S/C13H20FN3O2S/c1-10(15-2)12-7-3-4-9-17(12)20(18,19)13-11(14)6-5-8-16-13/h5-6,8,10,12,15H,3-4,7,9H2,1-2H3. The van der Waals surface area contributed by atoms with Crippen molar-refractivity contribution in [3.63, 3.8) is 0 Å². The van der Waals surface area contributed by atoms with Crippen LogP contribution < -0.4 is 5.32 Å². The van der Waals surface area contributed by atoms with Crippen molar-refractivity contribution in [2.75, 3.05) is 13.6 Å². The minimum Gasteiger partial charge on any atom is -0.316 e. The number of pyridine rings is 1. The lowest BCUT2D eigenvalue weighted by Gasteiger charge is -2.37. The maximum absolute atomic E-state index is 13.8. The molecule has 1 aromatic rings. The van der Waals surface area contributed by atoms with Gasteiger partial charge in [0, 0.05) is 24.8 Å². The van der Waals surface area contributed by atoms with Crippen molar-refractivity contribution in [1.29, 1.82) is 0 Å². The lowest BCUT2D eigenvalue weighted by Crippen LogP contribution is -2.52. The minimum atomic E-state index is -3.89. The molecule has 2 unspecified atom stereocenters. The fourth-order valence-corrected chi connectivity index (χ4v) is 4.34. The normalized spacial score (nSPS) is 22.6. The Labute approximate surface area is 119 Å². The van der Waals surface area contributed by atoms with Gasteiger partial charge in [-0.2, -0.15) is 4.31 Å². The largest absolute Gasteiger partial charge is 0.316 e. The quantitative estimate of drug-likeness (QED) is 0.912. The zero-order chi connectivity index (χ0) is 14.8. The summed E-state index contributed by atoms with van der Waals surface area (Å²) in [4.78, 5) is 3.72. The molecule has 1 aliphatic rings. The second-order valence-electron chi connectivity index (χ2n) is 5.05. The van der Waals surface area contributed by atoms with Crippen molar-refractivity contribution in [2.24, 2.45) is 0 Å². The summed E-state index contributed by atoms with van der Waals surface area (Å²) in [6, 6.07) is 2.36. The Morgan fingerprint density at radius 2 is 2.25 bits per heavy atom. The molecule has 2 heterocycles. The van der Waals surface area contributed by atoms with Crippen molar-refractivity contribution < 1.29 is 12.8 Å². The Morgan fingerprint density at radius 1 is 1.50 bits per heavy atom. The van der Waals surface area contributed by atoms with Gasteiger partial charge >= 0.3 is 0 Å². The van der Waals surface area contributed by atoms with Gasteiger partial charge in [0.2, 0.25) is 5.03 Å². The Balaban J connectivity index is 2.38. The van der Waals surface area contributed by atoms with Crippen LogP contribution in [0.15, 0.2) is 23.4 Å². The summed E-state index contributed by atoms with van der Waals surface area (Å²) in [5.41, 5.74) is 0. The SMILES string of the molecule is CNC(C)C1CCCCN1S(=O)(=O)c1ncccc1F. The fraction of sp³-hybridized carbons (Fsp3) is 0.615. The van der Waals surface area contributed by atoms with Crippen LogP contribution >= 0.6 is 0 Å². The monoisotopic (exact) mass is 301 g/mol. The molecule has 1 N–H and O–H groups in total. The molecule has 5 nitrogen and oxygen atoms in total. The number of sulfonamides is 1.